The number of benzene rings is 1. The van der Waals surface area contributed by atoms with Crippen molar-refractivity contribution in [2.24, 2.45) is 5.73 Å². The highest BCUT2D eigenvalue weighted by Gasteiger charge is 2.24. The molecule has 0 saturated carbocycles. The van der Waals surface area contributed by atoms with Crippen LogP contribution in [0.2, 0.25) is 5.02 Å². The van der Waals surface area contributed by atoms with Crippen molar-refractivity contribution < 1.29 is 14.0 Å². The fourth-order valence-electron chi connectivity index (χ4n) is 3.06. The fourth-order valence-corrected chi connectivity index (χ4v) is 3.29. The number of hydrogen-bond donors (Lipinski definition) is 2. The van der Waals surface area contributed by atoms with E-state index in [4.69, 9.17) is 21.8 Å². The van der Waals surface area contributed by atoms with Crippen LogP contribution < -0.4 is 11.1 Å². The number of primary amides is 1. The van der Waals surface area contributed by atoms with Gasteiger partial charge in [0.15, 0.2) is 5.76 Å². The molecule has 132 valence electrons. The molecule has 7 heteroatoms. The molecule has 1 aliphatic heterocycles. The van der Waals surface area contributed by atoms with E-state index >= 15 is 0 Å². The first-order valence-corrected chi connectivity index (χ1v) is 8.57. The normalized spacial score (nSPS) is 18.0. The minimum atomic E-state index is -0.359. The Bertz CT molecular complexity index is 774. The van der Waals surface area contributed by atoms with Gasteiger partial charge in [-0.3, -0.25) is 14.5 Å². The van der Waals surface area contributed by atoms with Gasteiger partial charge in [0.05, 0.1) is 11.6 Å². The lowest BCUT2D eigenvalue weighted by atomic mass is 10.1. The Kier molecular flexibility index (Phi) is 5.40. The third-order valence-corrected chi connectivity index (χ3v) is 4.52. The number of nitrogens with two attached hydrogens (primary N) is 1. The van der Waals surface area contributed by atoms with E-state index in [0.29, 0.717) is 17.3 Å². The third kappa shape index (κ3) is 4.41. The maximum Gasteiger partial charge on any atom is 0.287 e. The average Bonchev–Trinajstić information content (AvgIpc) is 3.05. The second-order valence-corrected chi connectivity index (χ2v) is 6.56. The molecule has 3 rings (SSSR count). The summed E-state index contributed by atoms with van der Waals surface area (Å²) in [5, 5.41) is 3.53. The molecular weight excluding hydrogens is 342 g/mol. The van der Waals surface area contributed by atoms with Gasteiger partial charge in [-0.15, -0.1) is 0 Å². The molecule has 1 saturated heterocycles. The average molecular weight is 362 g/mol. The Morgan fingerprint density at radius 2 is 2.08 bits per heavy atom. The van der Waals surface area contributed by atoms with Crippen LogP contribution in [-0.2, 0) is 4.79 Å². The van der Waals surface area contributed by atoms with E-state index in [-0.39, 0.29) is 30.2 Å². The van der Waals surface area contributed by atoms with Gasteiger partial charge >= 0.3 is 0 Å². The zero-order valence-corrected chi connectivity index (χ0v) is 14.5. The van der Waals surface area contributed by atoms with Crippen LogP contribution in [0.25, 0.3) is 11.3 Å². The van der Waals surface area contributed by atoms with Gasteiger partial charge in [-0.2, -0.15) is 0 Å². The predicted molar refractivity (Wildman–Crippen MR) is 95.3 cm³/mol. The van der Waals surface area contributed by atoms with Crippen molar-refractivity contribution in [1.29, 1.82) is 0 Å². The Morgan fingerprint density at radius 1 is 1.28 bits per heavy atom. The van der Waals surface area contributed by atoms with Gasteiger partial charge in [0.25, 0.3) is 5.91 Å². The summed E-state index contributed by atoms with van der Waals surface area (Å²) >= 11 is 6.16. The van der Waals surface area contributed by atoms with E-state index in [2.05, 4.69) is 5.32 Å². The first kappa shape index (κ1) is 17.5. The predicted octanol–water partition coefficient (Wildman–Crippen LogP) is 2.28. The molecule has 2 heterocycles. The minimum absolute atomic E-state index is 0.0329. The zero-order valence-electron chi connectivity index (χ0n) is 13.7. The van der Waals surface area contributed by atoms with Crippen molar-refractivity contribution in [3.05, 3.63) is 47.2 Å². The summed E-state index contributed by atoms with van der Waals surface area (Å²) in [7, 11) is 0. The van der Waals surface area contributed by atoms with Crippen LogP contribution in [0.15, 0.2) is 40.8 Å². The number of nitrogens with one attached hydrogen (secondary N) is 1. The largest absolute Gasteiger partial charge is 0.451 e. The molecule has 2 aromatic rings. The molecule has 1 aromatic heterocycles. The summed E-state index contributed by atoms with van der Waals surface area (Å²) in [5.41, 5.74) is 5.98. The van der Waals surface area contributed by atoms with Crippen LogP contribution in [-0.4, -0.2) is 42.4 Å². The van der Waals surface area contributed by atoms with Crippen molar-refractivity contribution in [2.45, 2.75) is 18.9 Å². The molecule has 1 unspecified atom stereocenters. The zero-order chi connectivity index (χ0) is 17.8. The fraction of sp³-hybridized carbons (Fsp3) is 0.333. The third-order valence-electron chi connectivity index (χ3n) is 4.19. The standard InChI is InChI=1S/C18H20ClN3O3/c19-14-6-2-1-5-13(14)15-7-8-16(25-15)18(24)21-12-4-3-9-22(10-12)11-17(20)23/h1-2,5-8,12H,3-4,9-11H2,(H2,20,23)(H,21,24). The van der Waals surface area contributed by atoms with E-state index in [1.165, 1.54) is 0 Å². The first-order chi connectivity index (χ1) is 12.0. The Morgan fingerprint density at radius 3 is 2.84 bits per heavy atom. The van der Waals surface area contributed by atoms with Crippen LogP contribution in [0.1, 0.15) is 23.4 Å². The number of carbonyl (C=O) groups excluding carboxylic acids is 2. The number of carbonyl (C=O) groups is 2. The van der Waals surface area contributed by atoms with Crippen molar-refractivity contribution in [3.63, 3.8) is 0 Å². The highest BCUT2D eigenvalue weighted by molar-refractivity contribution is 6.33. The molecule has 0 spiro atoms. The maximum absolute atomic E-state index is 12.4. The molecule has 25 heavy (non-hydrogen) atoms. The molecule has 6 nitrogen and oxygen atoms in total. The van der Waals surface area contributed by atoms with Gasteiger partial charge in [-0.25, -0.2) is 0 Å². The van der Waals surface area contributed by atoms with Crippen molar-refractivity contribution >= 4 is 23.4 Å². The molecule has 1 fully saturated rings. The monoisotopic (exact) mass is 361 g/mol. The van der Waals surface area contributed by atoms with E-state index in [1.807, 2.05) is 23.1 Å². The molecule has 0 radical (unpaired) electrons. The molecule has 3 N–H and O–H groups in total. The summed E-state index contributed by atoms with van der Waals surface area (Å²) in [4.78, 5) is 25.4. The van der Waals surface area contributed by atoms with Crippen molar-refractivity contribution in [3.8, 4) is 11.3 Å². The lowest BCUT2D eigenvalue weighted by Gasteiger charge is -2.32. The van der Waals surface area contributed by atoms with Crippen molar-refractivity contribution in [2.75, 3.05) is 19.6 Å². The number of likely N-dealkylation sites (tertiary alicyclic amines) is 1. The van der Waals surface area contributed by atoms with Crippen LogP contribution in [0.3, 0.4) is 0 Å². The minimum Gasteiger partial charge on any atom is -0.451 e. The van der Waals surface area contributed by atoms with E-state index in [0.717, 1.165) is 24.9 Å². The smallest absolute Gasteiger partial charge is 0.287 e. The maximum atomic E-state index is 12.4. The van der Waals surface area contributed by atoms with Gasteiger partial charge < -0.3 is 15.5 Å². The second-order valence-electron chi connectivity index (χ2n) is 6.16. The number of amides is 2. The van der Waals surface area contributed by atoms with Crippen LogP contribution in [0.5, 0.6) is 0 Å². The van der Waals surface area contributed by atoms with E-state index < -0.39 is 0 Å². The second kappa shape index (κ2) is 7.72. The lowest BCUT2D eigenvalue weighted by Crippen LogP contribution is -2.49. The van der Waals surface area contributed by atoms with E-state index in [1.54, 1.807) is 18.2 Å². The quantitative estimate of drug-likeness (QED) is 0.855. The summed E-state index contributed by atoms with van der Waals surface area (Å²) < 4.78 is 5.66. The highest BCUT2D eigenvalue weighted by atomic mass is 35.5. The highest BCUT2D eigenvalue weighted by Crippen LogP contribution is 2.29. The van der Waals surface area contributed by atoms with Gasteiger partial charge in [-0.1, -0.05) is 23.7 Å². The number of piperidine rings is 1. The van der Waals surface area contributed by atoms with Gasteiger partial charge in [-0.05, 0) is 43.7 Å². The Hall–Kier alpha value is -2.31. The topological polar surface area (TPSA) is 88.6 Å². The molecular formula is C18H20ClN3O3. The summed E-state index contributed by atoms with van der Waals surface area (Å²) in [6.07, 6.45) is 1.76. The SMILES string of the molecule is NC(=O)CN1CCCC(NC(=O)c2ccc(-c3ccccc3Cl)o2)C1. The van der Waals surface area contributed by atoms with E-state index in [9.17, 15) is 9.59 Å². The molecule has 0 bridgehead atoms. The molecule has 2 amide bonds. The Labute approximate surface area is 150 Å². The molecule has 1 atom stereocenters. The molecule has 1 aliphatic rings. The summed E-state index contributed by atoms with van der Waals surface area (Å²) in [6.45, 7) is 1.63. The Balaban J connectivity index is 1.64. The van der Waals surface area contributed by atoms with Crippen molar-refractivity contribution in [1.82, 2.24) is 10.2 Å². The molecule has 1 aromatic carbocycles. The van der Waals surface area contributed by atoms with Gasteiger partial charge in [0, 0.05) is 18.2 Å². The first-order valence-electron chi connectivity index (χ1n) is 8.19. The van der Waals surface area contributed by atoms with Gasteiger partial charge in [0.1, 0.15) is 5.76 Å². The van der Waals surface area contributed by atoms with Crippen LogP contribution in [0.4, 0.5) is 0 Å². The number of furan rings is 1. The summed E-state index contributed by atoms with van der Waals surface area (Å²) in [6, 6.07) is 10.6. The van der Waals surface area contributed by atoms with Gasteiger partial charge in [0.2, 0.25) is 5.91 Å². The number of halogens is 1. The van der Waals surface area contributed by atoms with Crippen LogP contribution in [0, 0.1) is 0 Å². The molecule has 0 aliphatic carbocycles. The van der Waals surface area contributed by atoms with Crippen LogP contribution >= 0.6 is 11.6 Å². The number of rotatable bonds is 5. The number of nitrogens with zero attached hydrogens (tertiary/aromatic N) is 1. The number of hydrogen-bond acceptors (Lipinski definition) is 4. The lowest BCUT2D eigenvalue weighted by molar-refractivity contribution is -0.119. The summed E-state index contributed by atoms with van der Waals surface area (Å²) in [5.74, 6) is 0.156.